The highest BCUT2D eigenvalue weighted by Crippen LogP contribution is 2.36. The fourth-order valence-electron chi connectivity index (χ4n) is 3.77. The lowest BCUT2D eigenvalue weighted by Crippen LogP contribution is -2.24. The van der Waals surface area contributed by atoms with Crippen LogP contribution >= 0.6 is 0 Å². The maximum absolute atomic E-state index is 12.3. The number of nitrogens with one attached hydrogen (secondary N) is 1. The van der Waals surface area contributed by atoms with Crippen molar-refractivity contribution in [2.24, 2.45) is 5.92 Å². The third-order valence-corrected chi connectivity index (χ3v) is 5.55. The molecular weight excluding hydrogens is 340 g/mol. The topological polar surface area (TPSA) is 68.3 Å². The smallest absolute Gasteiger partial charge is 0.269 e. The average molecular weight is 364 g/mol. The Morgan fingerprint density at radius 3 is 2.85 bits per heavy atom. The molecule has 4 rings (SSSR count). The SMILES string of the molecule is CNC(=O)c1ncc(OCC2CC2)cc1[C@H]1CCc2cc(C=O)ccc2C1. The van der Waals surface area contributed by atoms with E-state index in [4.69, 9.17) is 4.74 Å². The van der Waals surface area contributed by atoms with Gasteiger partial charge in [0.05, 0.1) is 12.8 Å². The zero-order valence-corrected chi connectivity index (χ0v) is 15.5. The van der Waals surface area contributed by atoms with Gasteiger partial charge in [-0.15, -0.1) is 0 Å². The maximum Gasteiger partial charge on any atom is 0.269 e. The summed E-state index contributed by atoms with van der Waals surface area (Å²) < 4.78 is 5.90. The summed E-state index contributed by atoms with van der Waals surface area (Å²) in [6.07, 6.45) is 7.67. The van der Waals surface area contributed by atoms with E-state index in [1.807, 2.05) is 24.3 Å². The number of hydrogen-bond acceptors (Lipinski definition) is 4. The van der Waals surface area contributed by atoms with E-state index < -0.39 is 0 Å². The largest absolute Gasteiger partial charge is 0.492 e. The molecule has 0 unspecified atom stereocenters. The Bertz CT molecular complexity index is 874. The van der Waals surface area contributed by atoms with Crippen LogP contribution in [-0.4, -0.2) is 30.8 Å². The first-order valence-electron chi connectivity index (χ1n) is 9.59. The fourth-order valence-corrected chi connectivity index (χ4v) is 3.77. The molecule has 2 aromatic rings. The third kappa shape index (κ3) is 3.87. The van der Waals surface area contributed by atoms with Gasteiger partial charge in [0.15, 0.2) is 0 Å². The molecule has 2 aliphatic rings. The number of aldehydes is 1. The highest BCUT2D eigenvalue weighted by atomic mass is 16.5. The number of amides is 1. The van der Waals surface area contributed by atoms with Crippen LogP contribution in [-0.2, 0) is 12.8 Å². The molecule has 1 N–H and O–H groups in total. The molecule has 1 heterocycles. The molecule has 1 aromatic carbocycles. The minimum Gasteiger partial charge on any atom is -0.492 e. The van der Waals surface area contributed by atoms with Crippen LogP contribution in [0.2, 0.25) is 0 Å². The van der Waals surface area contributed by atoms with E-state index in [1.165, 1.54) is 24.0 Å². The number of rotatable bonds is 6. The molecule has 1 fully saturated rings. The van der Waals surface area contributed by atoms with Gasteiger partial charge in [-0.25, -0.2) is 4.98 Å². The van der Waals surface area contributed by atoms with Crippen molar-refractivity contribution in [2.75, 3.05) is 13.7 Å². The standard InChI is InChI=1S/C22H24N2O3/c1-23-22(26)21-20(10-19(11-24-21)27-13-14-2-3-14)18-7-6-16-8-15(12-25)4-5-17(16)9-18/h4-5,8,10-12,14,18H,2-3,6-7,9,13H2,1H3,(H,23,26)/t18-/m0/s1. The highest BCUT2D eigenvalue weighted by Gasteiger charge is 2.27. The van der Waals surface area contributed by atoms with E-state index in [0.29, 0.717) is 11.6 Å². The molecule has 0 saturated heterocycles. The lowest BCUT2D eigenvalue weighted by atomic mass is 9.79. The monoisotopic (exact) mass is 364 g/mol. The summed E-state index contributed by atoms with van der Waals surface area (Å²) in [6, 6.07) is 7.87. The number of ether oxygens (including phenoxy) is 1. The summed E-state index contributed by atoms with van der Waals surface area (Å²) in [7, 11) is 1.63. The van der Waals surface area contributed by atoms with Gasteiger partial charge in [0.25, 0.3) is 5.91 Å². The van der Waals surface area contributed by atoms with E-state index >= 15 is 0 Å². The van der Waals surface area contributed by atoms with Gasteiger partial charge < -0.3 is 10.1 Å². The van der Waals surface area contributed by atoms with Crippen molar-refractivity contribution in [1.29, 1.82) is 0 Å². The lowest BCUT2D eigenvalue weighted by Gasteiger charge is -2.26. The molecule has 0 bridgehead atoms. The molecule has 0 radical (unpaired) electrons. The van der Waals surface area contributed by atoms with E-state index in [-0.39, 0.29) is 11.8 Å². The van der Waals surface area contributed by atoms with E-state index in [0.717, 1.165) is 49.0 Å². The van der Waals surface area contributed by atoms with Gasteiger partial charge in [0.2, 0.25) is 0 Å². The van der Waals surface area contributed by atoms with E-state index in [9.17, 15) is 9.59 Å². The molecule has 0 aliphatic heterocycles. The Morgan fingerprint density at radius 2 is 2.11 bits per heavy atom. The van der Waals surface area contributed by atoms with Crippen molar-refractivity contribution in [3.63, 3.8) is 0 Å². The van der Waals surface area contributed by atoms with Gasteiger partial charge in [-0.2, -0.15) is 0 Å². The van der Waals surface area contributed by atoms with Crippen LogP contribution in [0.5, 0.6) is 5.75 Å². The number of carbonyl (C=O) groups excluding carboxylic acids is 2. The Balaban J connectivity index is 1.62. The molecule has 1 aromatic heterocycles. The number of nitrogens with zero attached hydrogens (tertiary/aromatic N) is 1. The summed E-state index contributed by atoms with van der Waals surface area (Å²) in [4.78, 5) is 27.8. The predicted octanol–water partition coefficient (Wildman–Crippen LogP) is 3.32. The summed E-state index contributed by atoms with van der Waals surface area (Å²) in [6.45, 7) is 0.725. The molecule has 1 saturated carbocycles. The Kier molecular flexibility index (Phi) is 4.92. The Morgan fingerprint density at radius 1 is 1.26 bits per heavy atom. The van der Waals surface area contributed by atoms with Gasteiger partial charge in [-0.3, -0.25) is 9.59 Å². The second-order valence-corrected chi connectivity index (χ2v) is 7.53. The number of carbonyl (C=O) groups is 2. The van der Waals surface area contributed by atoms with Crippen molar-refractivity contribution >= 4 is 12.2 Å². The van der Waals surface area contributed by atoms with Crippen molar-refractivity contribution in [3.05, 3.63) is 58.4 Å². The van der Waals surface area contributed by atoms with Crippen LogP contribution in [0.3, 0.4) is 0 Å². The van der Waals surface area contributed by atoms with Crippen molar-refractivity contribution in [1.82, 2.24) is 10.3 Å². The first kappa shape index (κ1) is 17.7. The normalized spacial score (nSPS) is 18.5. The number of aromatic nitrogens is 1. The van der Waals surface area contributed by atoms with Gasteiger partial charge in [0.1, 0.15) is 17.7 Å². The second kappa shape index (κ2) is 7.51. The van der Waals surface area contributed by atoms with Crippen LogP contribution in [0.25, 0.3) is 0 Å². The third-order valence-electron chi connectivity index (χ3n) is 5.55. The van der Waals surface area contributed by atoms with Gasteiger partial charge >= 0.3 is 0 Å². The molecule has 2 aliphatic carbocycles. The molecule has 140 valence electrons. The van der Waals surface area contributed by atoms with Crippen LogP contribution in [0.15, 0.2) is 30.5 Å². The van der Waals surface area contributed by atoms with E-state index in [1.54, 1.807) is 13.2 Å². The predicted molar refractivity (Wildman–Crippen MR) is 102 cm³/mol. The molecule has 1 amide bonds. The number of hydrogen-bond donors (Lipinski definition) is 1. The minimum atomic E-state index is -0.166. The van der Waals surface area contributed by atoms with Crippen LogP contribution in [0, 0.1) is 5.92 Å². The average Bonchev–Trinajstić information content (AvgIpc) is 3.55. The summed E-state index contributed by atoms with van der Waals surface area (Å²) >= 11 is 0. The maximum atomic E-state index is 12.3. The van der Waals surface area contributed by atoms with Gasteiger partial charge in [0, 0.05) is 12.6 Å². The number of benzene rings is 1. The number of aryl methyl sites for hydroxylation is 1. The van der Waals surface area contributed by atoms with E-state index in [2.05, 4.69) is 10.3 Å². The molecule has 5 heteroatoms. The van der Waals surface area contributed by atoms with Crippen molar-refractivity contribution in [2.45, 2.75) is 38.0 Å². The molecule has 27 heavy (non-hydrogen) atoms. The van der Waals surface area contributed by atoms with Crippen LogP contribution < -0.4 is 10.1 Å². The van der Waals surface area contributed by atoms with Crippen LogP contribution in [0.1, 0.15) is 62.7 Å². The molecule has 5 nitrogen and oxygen atoms in total. The zero-order chi connectivity index (χ0) is 18.8. The van der Waals surface area contributed by atoms with Crippen molar-refractivity contribution < 1.29 is 14.3 Å². The van der Waals surface area contributed by atoms with Gasteiger partial charge in [-0.1, -0.05) is 12.1 Å². The quantitative estimate of drug-likeness (QED) is 0.799. The highest BCUT2D eigenvalue weighted by molar-refractivity contribution is 5.93. The first-order valence-corrected chi connectivity index (χ1v) is 9.59. The molecule has 0 spiro atoms. The number of pyridine rings is 1. The minimum absolute atomic E-state index is 0.166. The molecular formula is C22H24N2O3. The summed E-state index contributed by atoms with van der Waals surface area (Å²) in [5.41, 5.74) is 4.62. The number of fused-ring (bicyclic) bond motifs is 1. The lowest BCUT2D eigenvalue weighted by molar-refractivity contribution is 0.0956. The Labute approximate surface area is 159 Å². The summed E-state index contributed by atoms with van der Waals surface area (Å²) in [5, 5.41) is 2.69. The fraction of sp³-hybridized carbons (Fsp3) is 0.409. The zero-order valence-electron chi connectivity index (χ0n) is 15.5. The molecule has 1 atom stereocenters. The van der Waals surface area contributed by atoms with Crippen LogP contribution in [0.4, 0.5) is 0 Å². The Hall–Kier alpha value is -2.69. The van der Waals surface area contributed by atoms with Crippen molar-refractivity contribution in [3.8, 4) is 5.75 Å². The first-order chi connectivity index (χ1) is 13.2. The second-order valence-electron chi connectivity index (χ2n) is 7.53. The summed E-state index contributed by atoms with van der Waals surface area (Å²) in [5.74, 6) is 1.46. The van der Waals surface area contributed by atoms with Gasteiger partial charge in [-0.05, 0) is 72.8 Å².